The topological polar surface area (TPSA) is 73.9 Å². The second-order valence-electron chi connectivity index (χ2n) is 5.61. The first-order valence-corrected chi connectivity index (χ1v) is 8.71. The number of nitrogens with one attached hydrogen (secondary N) is 1. The largest absolute Gasteiger partial charge is 0.493 e. The lowest BCUT2D eigenvalue weighted by atomic mass is 10.1. The molecule has 0 aliphatic rings. The average Bonchev–Trinajstić information content (AvgIpc) is 2.66. The van der Waals surface area contributed by atoms with Gasteiger partial charge in [-0.05, 0) is 48.4 Å². The summed E-state index contributed by atoms with van der Waals surface area (Å²) in [6.07, 6.45) is 0. The molecule has 0 radical (unpaired) electrons. The van der Waals surface area contributed by atoms with Gasteiger partial charge in [-0.15, -0.1) is 0 Å². The van der Waals surface area contributed by atoms with Crippen molar-refractivity contribution < 1.29 is 23.8 Å². The van der Waals surface area contributed by atoms with Crippen LogP contribution >= 0.6 is 23.2 Å². The molecule has 2 rings (SSSR count). The average molecular weight is 412 g/mol. The molecule has 27 heavy (non-hydrogen) atoms. The molecule has 2 aromatic rings. The number of carbonyl (C=O) groups excluding carboxylic acids is 2. The van der Waals surface area contributed by atoms with Crippen LogP contribution in [0.5, 0.6) is 11.5 Å². The van der Waals surface area contributed by atoms with E-state index in [1.807, 2.05) is 6.92 Å². The summed E-state index contributed by atoms with van der Waals surface area (Å²) in [5.74, 6) is 0.117. The molecular weight excluding hydrogens is 393 g/mol. The second-order valence-corrected chi connectivity index (χ2v) is 6.42. The first-order valence-electron chi connectivity index (χ1n) is 7.96. The zero-order chi connectivity index (χ0) is 20.0. The minimum absolute atomic E-state index is 0.0493. The number of esters is 1. The summed E-state index contributed by atoms with van der Waals surface area (Å²) in [6.45, 7) is 1.65. The number of methoxy groups -OCH3 is 2. The van der Waals surface area contributed by atoms with E-state index in [2.05, 4.69) is 5.32 Å². The van der Waals surface area contributed by atoms with Crippen molar-refractivity contribution >= 4 is 35.1 Å². The van der Waals surface area contributed by atoms with E-state index in [4.69, 9.17) is 37.4 Å². The highest BCUT2D eigenvalue weighted by Gasteiger charge is 2.13. The fourth-order valence-electron chi connectivity index (χ4n) is 2.28. The number of rotatable bonds is 7. The van der Waals surface area contributed by atoms with E-state index in [0.29, 0.717) is 22.1 Å². The molecule has 0 aromatic heterocycles. The lowest BCUT2D eigenvalue weighted by Crippen LogP contribution is -2.30. The Morgan fingerprint density at radius 2 is 1.67 bits per heavy atom. The van der Waals surface area contributed by atoms with Gasteiger partial charge in [-0.25, -0.2) is 0 Å². The molecule has 0 atom stereocenters. The molecule has 2 aromatic carbocycles. The van der Waals surface area contributed by atoms with Crippen molar-refractivity contribution in [3.8, 4) is 11.5 Å². The highest BCUT2D eigenvalue weighted by molar-refractivity contribution is 6.42. The maximum atomic E-state index is 12.0. The Bertz CT molecular complexity index is 854. The van der Waals surface area contributed by atoms with Crippen molar-refractivity contribution in [2.45, 2.75) is 13.5 Å². The smallest absolute Gasteiger partial charge is 0.325 e. The second kappa shape index (κ2) is 9.48. The quantitative estimate of drug-likeness (QED) is 0.701. The Hall–Kier alpha value is -2.44. The number of aryl methyl sites for hydroxylation is 1. The van der Waals surface area contributed by atoms with Crippen LogP contribution in [-0.4, -0.2) is 32.6 Å². The number of halogens is 2. The lowest BCUT2D eigenvalue weighted by Gasteiger charge is -2.13. The van der Waals surface area contributed by atoms with Crippen molar-refractivity contribution in [3.05, 3.63) is 57.1 Å². The van der Waals surface area contributed by atoms with E-state index in [-0.39, 0.29) is 18.2 Å². The fourth-order valence-corrected chi connectivity index (χ4v) is 2.58. The Morgan fingerprint density at radius 3 is 2.30 bits per heavy atom. The van der Waals surface area contributed by atoms with Crippen LogP contribution in [-0.2, 0) is 16.1 Å². The van der Waals surface area contributed by atoms with Gasteiger partial charge in [0.25, 0.3) is 5.91 Å². The van der Waals surface area contributed by atoms with Gasteiger partial charge in [0.05, 0.1) is 24.3 Å². The summed E-state index contributed by atoms with van der Waals surface area (Å²) < 4.78 is 15.7. The molecule has 0 unspecified atom stereocenters. The van der Waals surface area contributed by atoms with E-state index in [9.17, 15) is 9.59 Å². The molecule has 0 spiro atoms. The summed E-state index contributed by atoms with van der Waals surface area (Å²) in [5.41, 5.74) is 1.96. The highest BCUT2D eigenvalue weighted by atomic mass is 35.5. The molecule has 0 aliphatic carbocycles. The summed E-state index contributed by atoms with van der Waals surface area (Å²) in [5, 5.41) is 3.08. The van der Waals surface area contributed by atoms with Crippen molar-refractivity contribution in [1.82, 2.24) is 5.32 Å². The van der Waals surface area contributed by atoms with Crippen LogP contribution in [0.3, 0.4) is 0 Å². The summed E-state index contributed by atoms with van der Waals surface area (Å²) >= 11 is 11.7. The maximum absolute atomic E-state index is 12.0. The van der Waals surface area contributed by atoms with Crippen LogP contribution in [0.25, 0.3) is 0 Å². The van der Waals surface area contributed by atoms with Gasteiger partial charge in [-0.3, -0.25) is 9.59 Å². The SMILES string of the molecule is COc1cc(C)c(COC(=O)CNC(=O)c2ccc(Cl)c(Cl)c2)cc1OC. The van der Waals surface area contributed by atoms with Gasteiger partial charge in [-0.1, -0.05) is 23.2 Å². The number of ether oxygens (including phenoxy) is 3. The molecule has 1 N–H and O–H groups in total. The number of amides is 1. The fraction of sp³-hybridized carbons (Fsp3) is 0.263. The third-order valence-electron chi connectivity index (χ3n) is 3.81. The van der Waals surface area contributed by atoms with E-state index >= 15 is 0 Å². The van der Waals surface area contributed by atoms with E-state index < -0.39 is 11.9 Å². The van der Waals surface area contributed by atoms with Crippen LogP contribution in [0.1, 0.15) is 21.5 Å². The van der Waals surface area contributed by atoms with Crippen LogP contribution in [0, 0.1) is 6.92 Å². The van der Waals surface area contributed by atoms with Crippen LogP contribution in [0.4, 0.5) is 0 Å². The molecule has 0 saturated heterocycles. The number of benzene rings is 2. The molecule has 0 bridgehead atoms. The highest BCUT2D eigenvalue weighted by Crippen LogP contribution is 2.30. The van der Waals surface area contributed by atoms with Crippen molar-refractivity contribution in [3.63, 3.8) is 0 Å². The van der Waals surface area contributed by atoms with Gasteiger partial charge in [-0.2, -0.15) is 0 Å². The zero-order valence-electron chi connectivity index (χ0n) is 15.1. The van der Waals surface area contributed by atoms with E-state index in [1.54, 1.807) is 19.2 Å². The molecule has 6 nitrogen and oxygen atoms in total. The summed E-state index contributed by atoms with van der Waals surface area (Å²) in [4.78, 5) is 24.0. The number of carbonyl (C=O) groups is 2. The number of hydrogen-bond acceptors (Lipinski definition) is 5. The summed E-state index contributed by atoms with van der Waals surface area (Å²) in [7, 11) is 3.08. The Morgan fingerprint density at radius 1 is 1.00 bits per heavy atom. The van der Waals surface area contributed by atoms with Gasteiger partial charge in [0.15, 0.2) is 11.5 Å². The summed E-state index contributed by atoms with van der Waals surface area (Å²) in [6, 6.07) is 8.00. The minimum atomic E-state index is -0.572. The molecule has 0 fully saturated rings. The number of hydrogen-bond donors (Lipinski definition) is 1. The van der Waals surface area contributed by atoms with Gasteiger partial charge >= 0.3 is 5.97 Å². The minimum Gasteiger partial charge on any atom is -0.493 e. The van der Waals surface area contributed by atoms with Crippen molar-refractivity contribution in [1.29, 1.82) is 0 Å². The predicted octanol–water partition coefficient (Wildman–Crippen LogP) is 3.79. The molecule has 8 heteroatoms. The van der Waals surface area contributed by atoms with Gasteiger partial charge in [0.2, 0.25) is 0 Å². The first kappa shape index (κ1) is 20.9. The standard InChI is InChI=1S/C19H19Cl2NO5/c1-11-6-16(25-2)17(26-3)8-13(11)10-27-18(23)9-22-19(24)12-4-5-14(20)15(21)7-12/h4-8H,9-10H2,1-3H3,(H,22,24). The maximum Gasteiger partial charge on any atom is 0.325 e. The lowest BCUT2D eigenvalue weighted by molar-refractivity contribution is -0.143. The molecule has 0 saturated carbocycles. The van der Waals surface area contributed by atoms with Crippen molar-refractivity contribution in [2.24, 2.45) is 0 Å². The van der Waals surface area contributed by atoms with Gasteiger partial charge in [0.1, 0.15) is 13.2 Å². The predicted molar refractivity (Wildman–Crippen MR) is 103 cm³/mol. The zero-order valence-corrected chi connectivity index (χ0v) is 16.6. The van der Waals surface area contributed by atoms with Gasteiger partial charge in [0, 0.05) is 5.56 Å². The van der Waals surface area contributed by atoms with E-state index in [0.717, 1.165) is 11.1 Å². The normalized spacial score (nSPS) is 10.3. The Kier molecular flexibility index (Phi) is 7.33. The molecule has 0 aliphatic heterocycles. The molecule has 0 heterocycles. The van der Waals surface area contributed by atoms with Crippen LogP contribution in [0.15, 0.2) is 30.3 Å². The third-order valence-corrected chi connectivity index (χ3v) is 4.54. The van der Waals surface area contributed by atoms with Crippen LogP contribution in [0.2, 0.25) is 10.0 Å². The molecule has 1 amide bonds. The van der Waals surface area contributed by atoms with Gasteiger partial charge < -0.3 is 19.5 Å². The Balaban J connectivity index is 1.91. The van der Waals surface area contributed by atoms with Crippen LogP contribution < -0.4 is 14.8 Å². The molecule has 144 valence electrons. The monoisotopic (exact) mass is 411 g/mol. The first-order chi connectivity index (χ1) is 12.8. The third kappa shape index (κ3) is 5.52. The molecular formula is C19H19Cl2NO5. The Labute approximate surface area is 167 Å². The van der Waals surface area contributed by atoms with Crippen molar-refractivity contribution in [2.75, 3.05) is 20.8 Å². The van der Waals surface area contributed by atoms with E-state index in [1.165, 1.54) is 25.3 Å².